The largest absolute Gasteiger partial charge is 0.488 e. The Labute approximate surface area is 134 Å². The summed E-state index contributed by atoms with van der Waals surface area (Å²) in [7, 11) is 0. The molecule has 0 saturated heterocycles. The van der Waals surface area contributed by atoms with Gasteiger partial charge in [-0.25, -0.2) is 0 Å². The van der Waals surface area contributed by atoms with Crippen molar-refractivity contribution in [3.05, 3.63) is 52.2 Å². The van der Waals surface area contributed by atoms with E-state index in [0.717, 1.165) is 11.3 Å². The summed E-state index contributed by atoms with van der Waals surface area (Å²) in [5.41, 5.74) is 1.09. The molecule has 0 aliphatic heterocycles. The number of aliphatic hydroxyl groups is 1. The Morgan fingerprint density at radius 1 is 1.27 bits per heavy atom. The normalized spacial score (nSPS) is 12.7. The van der Waals surface area contributed by atoms with Gasteiger partial charge in [-0.15, -0.1) is 0 Å². The van der Waals surface area contributed by atoms with Crippen molar-refractivity contribution in [1.29, 1.82) is 0 Å². The van der Waals surface area contributed by atoms with E-state index in [-0.39, 0.29) is 18.1 Å². The van der Waals surface area contributed by atoms with Crippen LogP contribution in [-0.2, 0) is 0 Å². The molecule has 0 aliphatic carbocycles. The van der Waals surface area contributed by atoms with Crippen LogP contribution in [0, 0.1) is 0 Å². The number of hydrogen-bond donors (Lipinski definition) is 2. The van der Waals surface area contributed by atoms with Gasteiger partial charge < -0.3 is 15.2 Å². The van der Waals surface area contributed by atoms with Gasteiger partial charge in [0.25, 0.3) is 5.91 Å². The number of rotatable bonds is 5. The highest BCUT2D eigenvalue weighted by molar-refractivity contribution is 7.07. The second-order valence-electron chi connectivity index (χ2n) is 6.02. The smallest absolute Gasteiger partial charge is 0.251 e. The number of ether oxygens (including phenoxy) is 1. The highest BCUT2D eigenvalue weighted by Gasteiger charge is 2.13. The molecule has 1 atom stereocenters. The summed E-state index contributed by atoms with van der Waals surface area (Å²) >= 11 is 1.52. The zero-order valence-corrected chi connectivity index (χ0v) is 13.8. The molecule has 1 amide bonds. The van der Waals surface area contributed by atoms with Crippen LogP contribution >= 0.6 is 11.3 Å². The third kappa shape index (κ3) is 4.86. The predicted octanol–water partition coefficient (Wildman–Crippen LogP) is 3.39. The molecule has 118 valence electrons. The fraction of sp³-hybridized carbons (Fsp3) is 0.353. The Kier molecular flexibility index (Phi) is 5.21. The second-order valence-corrected chi connectivity index (χ2v) is 6.80. The van der Waals surface area contributed by atoms with Gasteiger partial charge in [-0.3, -0.25) is 4.79 Å². The molecule has 2 aromatic rings. The van der Waals surface area contributed by atoms with Gasteiger partial charge in [0.05, 0.1) is 6.10 Å². The SMILES string of the molecule is CC(C)(C)Oc1ccc(C(=O)NCC(O)c2ccsc2)cc1. The summed E-state index contributed by atoms with van der Waals surface area (Å²) in [6.07, 6.45) is -0.682. The van der Waals surface area contributed by atoms with Crippen LogP contribution in [0.4, 0.5) is 0 Å². The van der Waals surface area contributed by atoms with Gasteiger partial charge in [-0.1, -0.05) is 0 Å². The maximum atomic E-state index is 12.1. The number of thiophene rings is 1. The third-order valence-electron chi connectivity index (χ3n) is 2.92. The molecule has 1 unspecified atom stereocenters. The lowest BCUT2D eigenvalue weighted by Gasteiger charge is -2.21. The molecule has 1 aromatic heterocycles. The van der Waals surface area contributed by atoms with E-state index in [0.29, 0.717) is 5.56 Å². The van der Waals surface area contributed by atoms with Gasteiger partial charge in [0.2, 0.25) is 0 Å². The fourth-order valence-electron chi connectivity index (χ4n) is 1.90. The highest BCUT2D eigenvalue weighted by Crippen LogP contribution is 2.19. The molecule has 22 heavy (non-hydrogen) atoms. The quantitative estimate of drug-likeness (QED) is 0.888. The van der Waals surface area contributed by atoms with Gasteiger partial charge in [0.15, 0.2) is 0 Å². The molecule has 2 N–H and O–H groups in total. The predicted molar refractivity (Wildman–Crippen MR) is 88.4 cm³/mol. The molecule has 0 aliphatic rings. The van der Waals surface area contributed by atoms with Crippen molar-refractivity contribution in [2.45, 2.75) is 32.5 Å². The van der Waals surface area contributed by atoms with Crippen LogP contribution in [0.25, 0.3) is 0 Å². The average molecular weight is 319 g/mol. The summed E-state index contributed by atoms with van der Waals surface area (Å²) in [6.45, 7) is 6.11. The minimum absolute atomic E-state index is 0.190. The summed E-state index contributed by atoms with van der Waals surface area (Å²) in [5, 5.41) is 16.4. The topological polar surface area (TPSA) is 58.6 Å². The minimum atomic E-state index is -0.682. The van der Waals surface area contributed by atoms with Crippen molar-refractivity contribution in [1.82, 2.24) is 5.32 Å². The number of carbonyl (C=O) groups is 1. The first kappa shape index (κ1) is 16.5. The Morgan fingerprint density at radius 3 is 2.50 bits per heavy atom. The van der Waals surface area contributed by atoms with Crippen LogP contribution in [0.1, 0.15) is 42.8 Å². The fourth-order valence-corrected chi connectivity index (χ4v) is 2.61. The molecule has 2 rings (SSSR count). The van der Waals surface area contributed by atoms with Crippen LogP contribution in [0.5, 0.6) is 5.75 Å². The monoisotopic (exact) mass is 319 g/mol. The van der Waals surface area contributed by atoms with Gasteiger partial charge in [-0.05, 0) is 67.4 Å². The Bertz CT molecular complexity index is 600. The van der Waals surface area contributed by atoms with Gasteiger partial charge >= 0.3 is 0 Å². The van der Waals surface area contributed by atoms with E-state index in [2.05, 4.69) is 5.32 Å². The van der Waals surface area contributed by atoms with Crippen LogP contribution < -0.4 is 10.1 Å². The van der Waals surface area contributed by atoms with E-state index in [1.54, 1.807) is 24.3 Å². The molecule has 0 bridgehead atoms. The first-order chi connectivity index (χ1) is 10.3. The van der Waals surface area contributed by atoms with Crippen molar-refractivity contribution in [3.63, 3.8) is 0 Å². The van der Waals surface area contributed by atoms with Crippen LogP contribution in [0.3, 0.4) is 0 Å². The molecule has 1 heterocycles. The molecular formula is C17H21NO3S. The molecule has 0 spiro atoms. The highest BCUT2D eigenvalue weighted by atomic mass is 32.1. The number of amides is 1. The van der Waals surface area contributed by atoms with Crippen LogP contribution in [0.2, 0.25) is 0 Å². The lowest BCUT2D eigenvalue weighted by Crippen LogP contribution is -2.28. The van der Waals surface area contributed by atoms with Crippen molar-refractivity contribution < 1.29 is 14.6 Å². The molecule has 4 nitrogen and oxygen atoms in total. The van der Waals surface area contributed by atoms with Crippen molar-refractivity contribution in [3.8, 4) is 5.75 Å². The van der Waals surface area contributed by atoms with E-state index in [4.69, 9.17) is 4.74 Å². The number of nitrogens with one attached hydrogen (secondary N) is 1. The molecule has 0 fully saturated rings. The average Bonchev–Trinajstić information content (AvgIpc) is 2.97. The van der Waals surface area contributed by atoms with Gasteiger partial charge in [0.1, 0.15) is 11.4 Å². The first-order valence-electron chi connectivity index (χ1n) is 7.12. The molecule has 0 saturated carbocycles. The zero-order chi connectivity index (χ0) is 16.2. The number of hydrogen-bond acceptors (Lipinski definition) is 4. The first-order valence-corrected chi connectivity index (χ1v) is 8.07. The van der Waals surface area contributed by atoms with E-state index in [1.807, 2.05) is 37.6 Å². The number of carbonyl (C=O) groups excluding carboxylic acids is 1. The maximum Gasteiger partial charge on any atom is 0.251 e. The number of aliphatic hydroxyl groups excluding tert-OH is 1. The van der Waals surface area contributed by atoms with Crippen molar-refractivity contribution in [2.75, 3.05) is 6.54 Å². The Morgan fingerprint density at radius 2 is 1.95 bits per heavy atom. The Hall–Kier alpha value is -1.85. The van der Waals surface area contributed by atoms with Crippen LogP contribution in [-0.4, -0.2) is 23.2 Å². The summed E-state index contributed by atoms with van der Waals surface area (Å²) in [4.78, 5) is 12.1. The van der Waals surface area contributed by atoms with Gasteiger partial charge in [-0.2, -0.15) is 11.3 Å². The van der Waals surface area contributed by atoms with E-state index >= 15 is 0 Å². The number of benzene rings is 1. The maximum absolute atomic E-state index is 12.1. The lowest BCUT2D eigenvalue weighted by molar-refractivity contribution is 0.0916. The Balaban J connectivity index is 1.90. The van der Waals surface area contributed by atoms with E-state index in [1.165, 1.54) is 11.3 Å². The van der Waals surface area contributed by atoms with Crippen LogP contribution in [0.15, 0.2) is 41.1 Å². The van der Waals surface area contributed by atoms with E-state index in [9.17, 15) is 9.90 Å². The molecule has 5 heteroatoms. The lowest BCUT2D eigenvalue weighted by atomic mass is 10.1. The van der Waals surface area contributed by atoms with Gasteiger partial charge in [0, 0.05) is 12.1 Å². The second kappa shape index (κ2) is 6.94. The van der Waals surface area contributed by atoms with Crippen molar-refractivity contribution >= 4 is 17.2 Å². The standard InChI is InChI=1S/C17H21NO3S/c1-17(2,3)21-14-6-4-12(5-7-14)16(20)18-10-15(19)13-8-9-22-11-13/h4-9,11,15,19H,10H2,1-3H3,(H,18,20). The minimum Gasteiger partial charge on any atom is -0.488 e. The molecule has 0 radical (unpaired) electrons. The summed E-state index contributed by atoms with van der Waals surface area (Å²) < 4.78 is 5.71. The van der Waals surface area contributed by atoms with Crippen molar-refractivity contribution in [2.24, 2.45) is 0 Å². The molecular weight excluding hydrogens is 298 g/mol. The zero-order valence-electron chi connectivity index (χ0n) is 13.0. The third-order valence-corrected chi connectivity index (χ3v) is 3.63. The molecule has 1 aromatic carbocycles. The summed E-state index contributed by atoms with van der Waals surface area (Å²) in [6, 6.07) is 8.83. The van der Waals surface area contributed by atoms with E-state index < -0.39 is 6.10 Å². The summed E-state index contributed by atoms with van der Waals surface area (Å²) in [5.74, 6) is 0.513.